The molecule has 1 aliphatic rings. The number of hydrogen-bond acceptors (Lipinski definition) is 2. The number of rotatable bonds is 6. The van der Waals surface area contributed by atoms with Crippen LogP contribution in [0.4, 0.5) is 0 Å². The summed E-state index contributed by atoms with van der Waals surface area (Å²) in [6.07, 6.45) is 6.56. The fourth-order valence-corrected chi connectivity index (χ4v) is 2.74. The van der Waals surface area contributed by atoms with E-state index in [4.69, 9.17) is 0 Å². The molecule has 0 aromatic rings. The van der Waals surface area contributed by atoms with Crippen LogP contribution in [0.25, 0.3) is 0 Å². The molecule has 0 aromatic heterocycles. The maximum Gasteiger partial charge on any atom is 0.109 e. The highest BCUT2D eigenvalue weighted by molar-refractivity contribution is 6.14. The van der Waals surface area contributed by atoms with Crippen LogP contribution in [0, 0.1) is 0 Å². The van der Waals surface area contributed by atoms with Crippen LogP contribution in [0.5, 0.6) is 0 Å². The topological polar surface area (TPSA) is 24.4 Å². The molecule has 0 saturated carbocycles. The van der Waals surface area contributed by atoms with Crippen molar-refractivity contribution >= 4 is 13.7 Å². The standard InChI is InChI=1S/C13H27BN2/c1-5-8-13(4,14)9-6-7-12-10(2)15-11(3)16-12/h10,12H,5-9,14H2,1-4H3,(H,15,16). The van der Waals surface area contributed by atoms with Gasteiger partial charge < -0.3 is 5.32 Å². The van der Waals surface area contributed by atoms with Crippen LogP contribution < -0.4 is 5.32 Å². The third-order valence-corrected chi connectivity index (χ3v) is 3.67. The predicted octanol–water partition coefficient (Wildman–Crippen LogP) is 2.55. The van der Waals surface area contributed by atoms with Crippen molar-refractivity contribution in [3.05, 3.63) is 0 Å². The fraction of sp³-hybridized carbons (Fsp3) is 0.923. The minimum Gasteiger partial charge on any atom is -0.369 e. The van der Waals surface area contributed by atoms with Gasteiger partial charge in [-0.15, -0.1) is 0 Å². The summed E-state index contributed by atoms with van der Waals surface area (Å²) in [6.45, 7) is 8.95. The Morgan fingerprint density at radius 3 is 2.62 bits per heavy atom. The van der Waals surface area contributed by atoms with Gasteiger partial charge in [-0.05, 0) is 20.3 Å². The summed E-state index contributed by atoms with van der Waals surface area (Å²) in [6, 6.07) is 1.05. The molecule has 92 valence electrons. The molecule has 2 nitrogen and oxygen atoms in total. The Morgan fingerprint density at radius 1 is 1.44 bits per heavy atom. The smallest absolute Gasteiger partial charge is 0.109 e. The van der Waals surface area contributed by atoms with Gasteiger partial charge in [-0.1, -0.05) is 44.8 Å². The van der Waals surface area contributed by atoms with Crippen molar-refractivity contribution in [2.24, 2.45) is 4.99 Å². The van der Waals surface area contributed by atoms with Crippen LogP contribution >= 0.6 is 0 Å². The van der Waals surface area contributed by atoms with Crippen molar-refractivity contribution in [2.75, 3.05) is 0 Å². The average Bonchev–Trinajstić information content (AvgIpc) is 2.44. The first-order valence-electron chi connectivity index (χ1n) is 6.75. The van der Waals surface area contributed by atoms with E-state index in [0.29, 0.717) is 17.4 Å². The van der Waals surface area contributed by atoms with E-state index in [-0.39, 0.29) is 0 Å². The Morgan fingerprint density at radius 2 is 2.12 bits per heavy atom. The zero-order valence-electron chi connectivity index (χ0n) is 11.6. The van der Waals surface area contributed by atoms with Crippen LogP contribution in [0.2, 0.25) is 5.31 Å². The molecule has 0 saturated heterocycles. The fourth-order valence-electron chi connectivity index (χ4n) is 2.74. The molecule has 16 heavy (non-hydrogen) atoms. The monoisotopic (exact) mass is 222 g/mol. The summed E-state index contributed by atoms with van der Waals surface area (Å²) in [5, 5.41) is 3.99. The lowest BCUT2D eigenvalue weighted by molar-refractivity contribution is 0.436. The second-order valence-corrected chi connectivity index (χ2v) is 6.01. The Labute approximate surface area is 102 Å². The molecular formula is C13H27BN2. The van der Waals surface area contributed by atoms with E-state index in [1.807, 2.05) is 0 Å². The second-order valence-electron chi connectivity index (χ2n) is 6.01. The molecule has 0 aromatic carbocycles. The third kappa shape index (κ3) is 4.19. The van der Waals surface area contributed by atoms with Crippen molar-refractivity contribution in [3.63, 3.8) is 0 Å². The summed E-state index contributed by atoms with van der Waals surface area (Å²) in [5.41, 5.74) is 0. The zero-order valence-corrected chi connectivity index (χ0v) is 11.6. The third-order valence-electron chi connectivity index (χ3n) is 3.67. The van der Waals surface area contributed by atoms with Crippen LogP contribution in [0.1, 0.15) is 59.8 Å². The molecule has 1 aliphatic heterocycles. The lowest BCUT2D eigenvalue weighted by Gasteiger charge is -2.25. The van der Waals surface area contributed by atoms with Gasteiger partial charge in [0.25, 0.3) is 0 Å². The Bertz CT molecular complexity index is 248. The first-order valence-corrected chi connectivity index (χ1v) is 6.75. The van der Waals surface area contributed by atoms with Gasteiger partial charge in [0.1, 0.15) is 7.85 Å². The van der Waals surface area contributed by atoms with E-state index < -0.39 is 0 Å². The molecule has 0 spiro atoms. The average molecular weight is 222 g/mol. The number of aliphatic imine (C=N–C) groups is 1. The molecule has 3 heteroatoms. The number of hydrogen-bond donors (Lipinski definition) is 1. The van der Waals surface area contributed by atoms with Gasteiger partial charge in [0.05, 0.1) is 11.9 Å². The summed E-state index contributed by atoms with van der Waals surface area (Å²) in [5.74, 6) is 1.12. The summed E-state index contributed by atoms with van der Waals surface area (Å²) < 4.78 is 0. The van der Waals surface area contributed by atoms with Crippen LogP contribution in [-0.2, 0) is 0 Å². The zero-order chi connectivity index (χ0) is 12.2. The van der Waals surface area contributed by atoms with Gasteiger partial charge in [-0.25, -0.2) is 0 Å². The van der Waals surface area contributed by atoms with E-state index >= 15 is 0 Å². The van der Waals surface area contributed by atoms with E-state index in [2.05, 4.69) is 45.9 Å². The first-order chi connectivity index (χ1) is 7.44. The number of amidine groups is 1. The van der Waals surface area contributed by atoms with Gasteiger partial charge >= 0.3 is 0 Å². The Kier molecular flexibility index (Phi) is 4.88. The van der Waals surface area contributed by atoms with Crippen molar-refractivity contribution in [2.45, 2.75) is 77.2 Å². The molecule has 1 N–H and O–H groups in total. The quantitative estimate of drug-likeness (QED) is 0.686. The lowest BCUT2D eigenvalue weighted by atomic mass is 9.64. The van der Waals surface area contributed by atoms with Crippen molar-refractivity contribution < 1.29 is 0 Å². The SMILES string of the molecule is BC(C)(CCC)CCCC1NC(C)=NC1C. The van der Waals surface area contributed by atoms with E-state index in [1.54, 1.807) is 0 Å². The highest BCUT2D eigenvalue weighted by Crippen LogP contribution is 2.33. The van der Waals surface area contributed by atoms with Crippen LogP contribution in [-0.4, -0.2) is 25.8 Å². The van der Waals surface area contributed by atoms with Gasteiger partial charge in [0.15, 0.2) is 0 Å². The number of nitrogens with one attached hydrogen (secondary N) is 1. The van der Waals surface area contributed by atoms with E-state index in [9.17, 15) is 0 Å². The van der Waals surface area contributed by atoms with Gasteiger partial charge in [-0.2, -0.15) is 0 Å². The molecular weight excluding hydrogens is 195 g/mol. The Hall–Kier alpha value is -0.465. The molecule has 1 rings (SSSR count). The van der Waals surface area contributed by atoms with Crippen LogP contribution in [0.15, 0.2) is 4.99 Å². The normalized spacial score (nSPS) is 28.4. The second kappa shape index (κ2) is 5.74. The highest BCUT2D eigenvalue weighted by atomic mass is 15.1. The first kappa shape index (κ1) is 13.6. The lowest BCUT2D eigenvalue weighted by Crippen LogP contribution is -2.32. The maximum atomic E-state index is 4.53. The molecule has 1 heterocycles. The van der Waals surface area contributed by atoms with Crippen molar-refractivity contribution in [1.82, 2.24) is 5.32 Å². The highest BCUT2D eigenvalue weighted by Gasteiger charge is 2.23. The van der Waals surface area contributed by atoms with Crippen molar-refractivity contribution in [1.29, 1.82) is 0 Å². The van der Waals surface area contributed by atoms with Crippen LogP contribution in [0.3, 0.4) is 0 Å². The van der Waals surface area contributed by atoms with E-state index in [1.165, 1.54) is 32.1 Å². The molecule has 0 radical (unpaired) electrons. The van der Waals surface area contributed by atoms with E-state index in [0.717, 1.165) is 5.84 Å². The Balaban J connectivity index is 2.21. The summed E-state index contributed by atoms with van der Waals surface area (Å²) in [7, 11) is 2.39. The molecule has 0 amide bonds. The summed E-state index contributed by atoms with van der Waals surface area (Å²) >= 11 is 0. The number of nitrogens with zero attached hydrogens (tertiary/aromatic N) is 1. The van der Waals surface area contributed by atoms with Crippen molar-refractivity contribution in [3.8, 4) is 0 Å². The van der Waals surface area contributed by atoms with Gasteiger partial charge in [0.2, 0.25) is 0 Å². The predicted molar refractivity (Wildman–Crippen MR) is 75.2 cm³/mol. The maximum absolute atomic E-state index is 4.53. The molecule has 3 unspecified atom stereocenters. The molecule has 0 aliphatic carbocycles. The largest absolute Gasteiger partial charge is 0.369 e. The molecule has 0 bridgehead atoms. The minimum atomic E-state index is 0.467. The molecule has 3 atom stereocenters. The van der Waals surface area contributed by atoms with Gasteiger partial charge in [0, 0.05) is 6.04 Å². The molecule has 0 fully saturated rings. The minimum absolute atomic E-state index is 0.467. The van der Waals surface area contributed by atoms with Gasteiger partial charge in [-0.3, -0.25) is 4.99 Å². The summed E-state index contributed by atoms with van der Waals surface area (Å²) in [4.78, 5) is 4.53.